The van der Waals surface area contributed by atoms with Gasteiger partial charge in [-0.3, -0.25) is 19.5 Å². The van der Waals surface area contributed by atoms with Crippen molar-refractivity contribution in [3.63, 3.8) is 0 Å². The lowest BCUT2D eigenvalue weighted by Gasteiger charge is -2.18. The molecule has 126 valence electrons. The van der Waals surface area contributed by atoms with Crippen LogP contribution in [0.25, 0.3) is 0 Å². The maximum atomic E-state index is 12.2. The van der Waals surface area contributed by atoms with Gasteiger partial charge >= 0.3 is 0 Å². The number of rotatable bonds is 5. The molecule has 1 N–H and O–H groups in total. The highest BCUT2D eigenvalue weighted by atomic mass is 32.1. The van der Waals surface area contributed by atoms with Crippen LogP contribution in [0.3, 0.4) is 0 Å². The molecule has 25 heavy (non-hydrogen) atoms. The van der Waals surface area contributed by atoms with Gasteiger partial charge in [0.25, 0.3) is 5.91 Å². The lowest BCUT2D eigenvalue weighted by molar-refractivity contribution is -0.116. The van der Waals surface area contributed by atoms with Crippen LogP contribution < -0.4 is 10.2 Å². The Bertz CT molecular complexity index is 866. The molecule has 2 heterocycles. The number of amides is 2. The number of thiazole rings is 1. The van der Waals surface area contributed by atoms with E-state index in [1.165, 1.54) is 24.5 Å². The Morgan fingerprint density at radius 1 is 1.20 bits per heavy atom. The summed E-state index contributed by atoms with van der Waals surface area (Å²) >= 11 is 1.41. The fraction of sp³-hybridized carbons (Fsp3) is 0.111. The molecule has 0 spiro atoms. The predicted octanol–water partition coefficient (Wildman–Crippen LogP) is 3.34. The summed E-state index contributed by atoms with van der Waals surface area (Å²) in [5.74, 6) is -0.312. The van der Waals surface area contributed by atoms with Gasteiger partial charge in [-0.2, -0.15) is 0 Å². The highest BCUT2D eigenvalue weighted by Crippen LogP contribution is 2.21. The number of nitrogens with one attached hydrogen (secondary N) is 1. The minimum atomic E-state index is -0.228. The molecule has 3 rings (SSSR count). The third-order valence-corrected chi connectivity index (χ3v) is 4.27. The Labute approximate surface area is 149 Å². The van der Waals surface area contributed by atoms with Gasteiger partial charge in [-0.05, 0) is 29.8 Å². The maximum absolute atomic E-state index is 12.2. The van der Waals surface area contributed by atoms with E-state index >= 15 is 0 Å². The number of nitrogens with zero attached hydrogens (tertiary/aromatic N) is 3. The van der Waals surface area contributed by atoms with E-state index in [-0.39, 0.29) is 11.8 Å². The molecule has 2 amide bonds. The summed E-state index contributed by atoms with van der Waals surface area (Å²) in [6.45, 7) is 1.90. The Balaban J connectivity index is 1.75. The minimum absolute atomic E-state index is 0.0836. The van der Waals surface area contributed by atoms with E-state index in [9.17, 15) is 9.59 Å². The van der Waals surface area contributed by atoms with Crippen molar-refractivity contribution in [1.29, 1.82) is 0 Å². The second kappa shape index (κ2) is 7.67. The van der Waals surface area contributed by atoms with Crippen LogP contribution >= 0.6 is 11.3 Å². The van der Waals surface area contributed by atoms with Crippen LogP contribution in [0.2, 0.25) is 0 Å². The van der Waals surface area contributed by atoms with Crippen LogP contribution in [0.5, 0.6) is 0 Å². The first-order valence-corrected chi connectivity index (χ1v) is 8.49. The molecule has 0 aliphatic heterocycles. The molecule has 0 fully saturated rings. The molecule has 0 radical (unpaired) electrons. The number of hydrogen-bond acceptors (Lipinski definition) is 5. The summed E-state index contributed by atoms with van der Waals surface area (Å²) < 4.78 is 0. The molecular weight excluding hydrogens is 336 g/mol. The van der Waals surface area contributed by atoms with Crippen LogP contribution in [0.4, 0.5) is 10.8 Å². The lowest BCUT2D eigenvalue weighted by Crippen LogP contribution is -2.27. The van der Waals surface area contributed by atoms with Gasteiger partial charge in [-0.25, -0.2) is 4.98 Å². The number of pyridine rings is 1. The first-order chi connectivity index (χ1) is 12.1. The third kappa shape index (κ3) is 4.27. The average molecular weight is 352 g/mol. The van der Waals surface area contributed by atoms with Crippen molar-refractivity contribution in [3.05, 3.63) is 71.5 Å². The average Bonchev–Trinajstić information content (AvgIpc) is 3.15. The van der Waals surface area contributed by atoms with E-state index in [0.29, 0.717) is 22.9 Å². The fourth-order valence-corrected chi connectivity index (χ4v) is 2.98. The molecule has 0 aliphatic carbocycles. The van der Waals surface area contributed by atoms with Gasteiger partial charge in [0.05, 0.1) is 12.1 Å². The standard InChI is InChI=1S/C18H16N4O2S/c1-13(23)22(18-20-8-9-25-18)12-14-4-2-6-16(10-14)21-17(24)15-5-3-7-19-11-15/h2-11H,12H2,1H3,(H,21,24). The van der Waals surface area contributed by atoms with Crippen LogP contribution in [0.15, 0.2) is 60.4 Å². The first-order valence-electron chi connectivity index (χ1n) is 7.61. The van der Waals surface area contributed by atoms with Gasteiger partial charge < -0.3 is 5.32 Å². The molecule has 0 atom stereocenters. The zero-order chi connectivity index (χ0) is 17.6. The number of carbonyl (C=O) groups excluding carboxylic acids is 2. The normalized spacial score (nSPS) is 10.3. The Hall–Kier alpha value is -3.06. The van der Waals surface area contributed by atoms with Crippen molar-refractivity contribution in [2.45, 2.75) is 13.5 Å². The van der Waals surface area contributed by atoms with Crippen LogP contribution in [-0.4, -0.2) is 21.8 Å². The molecule has 6 nitrogen and oxygen atoms in total. The van der Waals surface area contributed by atoms with E-state index in [0.717, 1.165) is 5.56 Å². The zero-order valence-electron chi connectivity index (χ0n) is 13.5. The summed E-state index contributed by atoms with van der Waals surface area (Å²) in [6, 6.07) is 10.8. The van der Waals surface area contributed by atoms with E-state index in [1.807, 2.05) is 23.6 Å². The molecule has 7 heteroatoms. The highest BCUT2D eigenvalue weighted by Gasteiger charge is 2.15. The van der Waals surface area contributed by atoms with Gasteiger partial charge in [-0.15, -0.1) is 11.3 Å². The highest BCUT2D eigenvalue weighted by molar-refractivity contribution is 7.13. The van der Waals surface area contributed by atoms with Crippen molar-refractivity contribution in [2.24, 2.45) is 0 Å². The summed E-state index contributed by atoms with van der Waals surface area (Å²) in [7, 11) is 0. The number of aromatic nitrogens is 2. The van der Waals surface area contributed by atoms with Crippen molar-refractivity contribution in [3.8, 4) is 0 Å². The molecule has 0 saturated carbocycles. The van der Waals surface area contributed by atoms with Crippen LogP contribution in [0.1, 0.15) is 22.8 Å². The fourth-order valence-electron chi connectivity index (χ4n) is 2.29. The zero-order valence-corrected chi connectivity index (χ0v) is 14.4. The Kier molecular flexibility index (Phi) is 5.15. The maximum Gasteiger partial charge on any atom is 0.257 e. The number of carbonyl (C=O) groups is 2. The van der Waals surface area contributed by atoms with Crippen molar-refractivity contribution in [1.82, 2.24) is 9.97 Å². The van der Waals surface area contributed by atoms with Crippen molar-refractivity contribution in [2.75, 3.05) is 10.2 Å². The molecule has 0 unspecified atom stereocenters. The number of hydrogen-bond donors (Lipinski definition) is 1. The second-order valence-corrected chi connectivity index (χ2v) is 6.19. The molecule has 0 saturated heterocycles. The summed E-state index contributed by atoms with van der Waals surface area (Å²) in [5, 5.41) is 5.32. The van der Waals surface area contributed by atoms with Gasteiger partial charge in [0.1, 0.15) is 0 Å². The quantitative estimate of drug-likeness (QED) is 0.764. The molecule has 1 aromatic carbocycles. The van der Waals surface area contributed by atoms with E-state index < -0.39 is 0 Å². The van der Waals surface area contributed by atoms with Gasteiger partial charge in [0.2, 0.25) is 5.91 Å². The smallest absolute Gasteiger partial charge is 0.257 e. The molecule has 3 aromatic rings. The molecule has 0 bridgehead atoms. The second-order valence-electron chi connectivity index (χ2n) is 5.32. The van der Waals surface area contributed by atoms with Crippen molar-refractivity contribution < 1.29 is 9.59 Å². The predicted molar refractivity (Wildman–Crippen MR) is 97.6 cm³/mol. The first kappa shape index (κ1) is 16.8. The van der Waals surface area contributed by atoms with E-state index in [2.05, 4.69) is 15.3 Å². The SMILES string of the molecule is CC(=O)N(Cc1cccc(NC(=O)c2cccnc2)c1)c1nccs1. The summed E-state index contributed by atoms with van der Waals surface area (Å²) in [5.41, 5.74) is 2.05. The Morgan fingerprint density at radius 2 is 2.08 bits per heavy atom. The van der Waals surface area contributed by atoms with Crippen LogP contribution in [-0.2, 0) is 11.3 Å². The largest absolute Gasteiger partial charge is 0.322 e. The monoisotopic (exact) mass is 352 g/mol. The molecule has 2 aromatic heterocycles. The third-order valence-electron chi connectivity index (χ3n) is 3.48. The molecule has 0 aliphatic rings. The summed E-state index contributed by atoms with van der Waals surface area (Å²) in [6.07, 6.45) is 4.80. The van der Waals surface area contributed by atoms with Crippen LogP contribution in [0, 0.1) is 0 Å². The number of anilines is 2. The van der Waals surface area contributed by atoms with Crippen molar-refractivity contribution >= 4 is 34.0 Å². The summed E-state index contributed by atoms with van der Waals surface area (Å²) in [4.78, 5) is 33.9. The van der Waals surface area contributed by atoms with E-state index in [1.54, 1.807) is 35.5 Å². The molecular formula is C18H16N4O2S. The minimum Gasteiger partial charge on any atom is -0.322 e. The van der Waals surface area contributed by atoms with E-state index in [4.69, 9.17) is 0 Å². The number of benzene rings is 1. The van der Waals surface area contributed by atoms with Gasteiger partial charge in [0.15, 0.2) is 5.13 Å². The Morgan fingerprint density at radius 3 is 2.76 bits per heavy atom. The lowest BCUT2D eigenvalue weighted by atomic mass is 10.1. The van der Waals surface area contributed by atoms with Gasteiger partial charge in [0, 0.05) is 36.6 Å². The van der Waals surface area contributed by atoms with Gasteiger partial charge in [-0.1, -0.05) is 12.1 Å². The topological polar surface area (TPSA) is 75.2 Å².